The summed E-state index contributed by atoms with van der Waals surface area (Å²) in [4.78, 5) is 18.0. The summed E-state index contributed by atoms with van der Waals surface area (Å²) < 4.78 is 16.2. The lowest BCUT2D eigenvalue weighted by Gasteiger charge is -2.18. The molecular formula is C13H16N2O6. The number of aryl methyl sites for hydroxylation is 1. The number of aromatic amines is 1. The van der Waals surface area contributed by atoms with Crippen molar-refractivity contribution >= 4 is 11.1 Å². The van der Waals surface area contributed by atoms with E-state index in [-0.39, 0.29) is 12.3 Å². The highest BCUT2D eigenvalue weighted by Crippen LogP contribution is 2.37. The number of nitrogens with one attached hydrogen (secondary N) is 1. The Kier molecular flexibility index (Phi) is 3.54. The molecule has 0 amide bonds. The van der Waals surface area contributed by atoms with Crippen LogP contribution in [0.15, 0.2) is 15.3 Å². The Morgan fingerprint density at radius 2 is 2.29 bits per heavy atom. The number of ether oxygens (including phenoxy) is 2. The minimum absolute atomic E-state index is 0.201. The number of fused-ring (bicyclic) bond motifs is 1. The van der Waals surface area contributed by atoms with Gasteiger partial charge in [-0.05, 0) is 13.0 Å². The van der Waals surface area contributed by atoms with Crippen LogP contribution in [0.5, 0.6) is 0 Å². The van der Waals surface area contributed by atoms with E-state index in [2.05, 4.69) is 9.97 Å². The smallest absolute Gasteiger partial charge is 0.348 e. The van der Waals surface area contributed by atoms with Crippen molar-refractivity contribution in [1.82, 2.24) is 9.97 Å². The molecule has 1 aliphatic heterocycles. The van der Waals surface area contributed by atoms with Gasteiger partial charge in [-0.15, -0.1) is 0 Å². The van der Waals surface area contributed by atoms with Gasteiger partial charge in [-0.25, -0.2) is 4.79 Å². The standard InChI is InChI=1S/C13H16N2O6/c1-5-3-6-8(14-13(18)15-12(6)20-5)10-11(19-2)9(17)7(4-16)21-10/h3,7,9-11,16-17H,4H2,1-2H3,(H,14,15,18)/t7-,9-,10?,11-/m1/s1. The third kappa shape index (κ3) is 2.26. The molecule has 0 aromatic carbocycles. The van der Waals surface area contributed by atoms with Crippen LogP contribution in [0.25, 0.3) is 11.1 Å². The highest BCUT2D eigenvalue weighted by molar-refractivity contribution is 5.77. The zero-order chi connectivity index (χ0) is 15.1. The van der Waals surface area contributed by atoms with Crippen molar-refractivity contribution in [3.8, 4) is 0 Å². The molecule has 0 spiro atoms. The molecule has 0 saturated carbocycles. The molecule has 3 heterocycles. The van der Waals surface area contributed by atoms with Gasteiger partial charge in [0, 0.05) is 7.11 Å². The van der Waals surface area contributed by atoms with Gasteiger partial charge in [0.1, 0.15) is 30.2 Å². The van der Waals surface area contributed by atoms with Crippen LogP contribution in [0.3, 0.4) is 0 Å². The van der Waals surface area contributed by atoms with Crippen LogP contribution in [0.2, 0.25) is 0 Å². The third-order valence-corrected chi connectivity index (χ3v) is 3.64. The fourth-order valence-electron chi connectivity index (χ4n) is 2.69. The second-order valence-corrected chi connectivity index (χ2v) is 5.00. The minimum atomic E-state index is -0.996. The van der Waals surface area contributed by atoms with Crippen LogP contribution in [0.1, 0.15) is 17.6 Å². The van der Waals surface area contributed by atoms with Gasteiger partial charge in [0.05, 0.1) is 17.7 Å². The van der Waals surface area contributed by atoms with Crippen molar-refractivity contribution in [2.45, 2.75) is 31.3 Å². The molecule has 8 nitrogen and oxygen atoms in total. The Labute approximate surface area is 119 Å². The molecule has 8 heteroatoms. The number of aliphatic hydroxyl groups is 2. The normalized spacial score (nSPS) is 29.3. The molecule has 0 radical (unpaired) electrons. The average molecular weight is 296 g/mol. The summed E-state index contributed by atoms with van der Waals surface area (Å²) >= 11 is 0. The summed E-state index contributed by atoms with van der Waals surface area (Å²) in [7, 11) is 1.43. The number of rotatable bonds is 3. The van der Waals surface area contributed by atoms with Crippen molar-refractivity contribution in [3.63, 3.8) is 0 Å². The molecule has 2 aromatic heterocycles. The fourth-order valence-corrected chi connectivity index (χ4v) is 2.69. The maximum Gasteiger partial charge on any atom is 0.348 e. The SMILES string of the molecule is CO[C@H]1C(c2[nH]c(=O)nc3oc(C)cc23)O[C@H](CO)[C@H]1O. The molecule has 0 aliphatic carbocycles. The van der Waals surface area contributed by atoms with Gasteiger partial charge in [0.15, 0.2) is 0 Å². The second-order valence-electron chi connectivity index (χ2n) is 5.00. The highest BCUT2D eigenvalue weighted by Gasteiger charge is 2.45. The Bertz CT molecular complexity index is 708. The quantitative estimate of drug-likeness (QED) is 0.707. The van der Waals surface area contributed by atoms with Crippen LogP contribution in [0, 0.1) is 6.92 Å². The maximum absolute atomic E-state index is 11.7. The van der Waals surface area contributed by atoms with Gasteiger partial charge in [-0.3, -0.25) is 0 Å². The predicted octanol–water partition coefficient (Wildman–Crippen LogP) is -0.367. The predicted molar refractivity (Wildman–Crippen MR) is 70.9 cm³/mol. The number of hydrogen-bond acceptors (Lipinski definition) is 7. The third-order valence-electron chi connectivity index (χ3n) is 3.64. The molecule has 1 unspecified atom stereocenters. The van der Waals surface area contributed by atoms with Gasteiger partial charge in [0.2, 0.25) is 5.71 Å². The van der Waals surface area contributed by atoms with Gasteiger partial charge >= 0.3 is 5.69 Å². The van der Waals surface area contributed by atoms with Crippen molar-refractivity contribution in [2.24, 2.45) is 0 Å². The maximum atomic E-state index is 11.7. The van der Waals surface area contributed by atoms with Gasteiger partial charge < -0.3 is 29.1 Å². The zero-order valence-electron chi connectivity index (χ0n) is 11.6. The lowest BCUT2D eigenvalue weighted by Crippen LogP contribution is -2.34. The summed E-state index contributed by atoms with van der Waals surface area (Å²) in [6.07, 6.45) is -3.21. The van der Waals surface area contributed by atoms with E-state index in [4.69, 9.17) is 13.9 Å². The Balaban J connectivity index is 2.13. The molecule has 114 valence electrons. The lowest BCUT2D eigenvalue weighted by molar-refractivity contribution is -0.0244. The van der Waals surface area contributed by atoms with E-state index < -0.39 is 30.1 Å². The van der Waals surface area contributed by atoms with Gasteiger partial charge in [-0.1, -0.05) is 0 Å². The van der Waals surface area contributed by atoms with Crippen molar-refractivity contribution in [2.75, 3.05) is 13.7 Å². The number of nitrogens with zero attached hydrogens (tertiary/aromatic N) is 1. The van der Waals surface area contributed by atoms with Crippen molar-refractivity contribution in [3.05, 3.63) is 28.0 Å². The first-order chi connectivity index (χ1) is 10.0. The Morgan fingerprint density at radius 1 is 1.52 bits per heavy atom. The van der Waals surface area contributed by atoms with Gasteiger partial charge in [0.25, 0.3) is 0 Å². The zero-order valence-corrected chi connectivity index (χ0v) is 11.6. The fraction of sp³-hybridized carbons (Fsp3) is 0.538. The lowest BCUT2D eigenvalue weighted by atomic mass is 10.0. The van der Waals surface area contributed by atoms with E-state index in [1.807, 2.05) is 0 Å². The largest absolute Gasteiger partial charge is 0.443 e. The molecular weight excluding hydrogens is 280 g/mol. The second kappa shape index (κ2) is 5.23. The molecule has 1 fully saturated rings. The molecule has 1 aliphatic rings. The first-order valence-electron chi connectivity index (χ1n) is 6.52. The first kappa shape index (κ1) is 14.2. The van der Waals surface area contributed by atoms with Crippen LogP contribution in [-0.2, 0) is 9.47 Å². The highest BCUT2D eigenvalue weighted by atomic mass is 16.6. The molecule has 1 saturated heterocycles. The summed E-state index contributed by atoms with van der Waals surface area (Å²) in [6, 6.07) is 1.72. The monoisotopic (exact) mass is 296 g/mol. The number of methoxy groups -OCH3 is 1. The van der Waals surface area contributed by atoms with Crippen LogP contribution >= 0.6 is 0 Å². The van der Waals surface area contributed by atoms with E-state index in [0.717, 1.165) is 0 Å². The van der Waals surface area contributed by atoms with E-state index >= 15 is 0 Å². The van der Waals surface area contributed by atoms with E-state index in [0.29, 0.717) is 16.8 Å². The van der Waals surface area contributed by atoms with Crippen LogP contribution < -0.4 is 5.69 Å². The van der Waals surface area contributed by atoms with E-state index in [1.54, 1.807) is 13.0 Å². The Hall–Kier alpha value is -1.74. The molecule has 2 aromatic rings. The number of hydrogen-bond donors (Lipinski definition) is 3. The molecule has 4 atom stereocenters. The van der Waals surface area contributed by atoms with Crippen LogP contribution in [0.4, 0.5) is 0 Å². The molecule has 0 bridgehead atoms. The van der Waals surface area contributed by atoms with E-state index in [9.17, 15) is 15.0 Å². The van der Waals surface area contributed by atoms with Crippen molar-refractivity contribution < 1.29 is 24.1 Å². The number of H-pyrrole nitrogens is 1. The topological polar surface area (TPSA) is 118 Å². The summed E-state index contributed by atoms with van der Waals surface area (Å²) in [5, 5.41) is 19.9. The summed E-state index contributed by atoms with van der Waals surface area (Å²) in [5.74, 6) is 0.601. The Morgan fingerprint density at radius 3 is 2.95 bits per heavy atom. The summed E-state index contributed by atoms with van der Waals surface area (Å²) in [5.41, 5.74) is 0.0441. The number of aromatic nitrogens is 2. The van der Waals surface area contributed by atoms with Gasteiger partial charge in [-0.2, -0.15) is 4.98 Å². The summed E-state index contributed by atoms with van der Waals surface area (Å²) in [6.45, 7) is 1.39. The minimum Gasteiger partial charge on any atom is -0.443 e. The molecule has 21 heavy (non-hydrogen) atoms. The van der Waals surface area contributed by atoms with Crippen LogP contribution in [-0.4, -0.2) is 52.2 Å². The number of aliphatic hydroxyl groups excluding tert-OH is 2. The number of furan rings is 1. The van der Waals surface area contributed by atoms with Crippen molar-refractivity contribution in [1.29, 1.82) is 0 Å². The average Bonchev–Trinajstić information content (AvgIpc) is 2.96. The van der Waals surface area contributed by atoms with E-state index in [1.165, 1.54) is 7.11 Å². The molecule has 3 rings (SSSR count). The molecule has 3 N–H and O–H groups in total. The first-order valence-corrected chi connectivity index (χ1v) is 6.52.